The van der Waals surface area contributed by atoms with E-state index in [9.17, 15) is 4.39 Å². The number of hydrogen-bond acceptors (Lipinski definition) is 4. The number of benzene rings is 1. The molecule has 2 heterocycles. The summed E-state index contributed by atoms with van der Waals surface area (Å²) in [7, 11) is 0. The third-order valence-electron chi connectivity index (χ3n) is 4.56. The van der Waals surface area contributed by atoms with Gasteiger partial charge >= 0.3 is 0 Å². The minimum atomic E-state index is -0.255. The van der Waals surface area contributed by atoms with Gasteiger partial charge in [-0.05, 0) is 48.8 Å². The summed E-state index contributed by atoms with van der Waals surface area (Å²) in [6.07, 6.45) is 5.72. The van der Waals surface area contributed by atoms with Crippen LogP contribution >= 0.6 is 23.1 Å². The Hall–Kier alpha value is -1.46. The quantitative estimate of drug-likeness (QED) is 0.692. The highest BCUT2D eigenvalue weighted by atomic mass is 32.2. The van der Waals surface area contributed by atoms with Crippen LogP contribution in [0, 0.1) is 5.82 Å². The lowest BCUT2D eigenvalue weighted by atomic mass is 9.90. The molecule has 2 nitrogen and oxygen atoms in total. The Balaban J connectivity index is 1.60. The zero-order valence-corrected chi connectivity index (χ0v) is 15.0. The summed E-state index contributed by atoms with van der Waals surface area (Å²) in [5.41, 5.74) is 1.48. The Labute approximate surface area is 149 Å². The van der Waals surface area contributed by atoms with Gasteiger partial charge in [0.1, 0.15) is 16.6 Å². The largest absolute Gasteiger partial charge is 0.251 e. The van der Waals surface area contributed by atoms with E-state index in [-0.39, 0.29) is 11.5 Å². The average molecular weight is 359 g/mol. The zero-order chi connectivity index (χ0) is 16.4. The van der Waals surface area contributed by atoms with Crippen molar-refractivity contribution < 1.29 is 4.39 Å². The van der Waals surface area contributed by atoms with Crippen molar-refractivity contribution in [3.05, 3.63) is 58.0 Å². The summed E-state index contributed by atoms with van der Waals surface area (Å²) in [4.78, 5) is 11.2. The van der Waals surface area contributed by atoms with Gasteiger partial charge in [0.05, 0.1) is 4.88 Å². The van der Waals surface area contributed by atoms with Crippen molar-refractivity contribution in [2.45, 2.75) is 43.5 Å². The van der Waals surface area contributed by atoms with Crippen molar-refractivity contribution in [3.63, 3.8) is 0 Å². The Morgan fingerprint density at radius 3 is 2.62 bits per heavy atom. The van der Waals surface area contributed by atoms with E-state index >= 15 is 0 Å². The summed E-state index contributed by atoms with van der Waals surface area (Å²) < 4.78 is 13.9. The van der Waals surface area contributed by atoms with Crippen LogP contribution in [0.4, 0.5) is 4.39 Å². The Morgan fingerprint density at radius 2 is 1.88 bits per heavy atom. The van der Waals surface area contributed by atoms with E-state index in [4.69, 9.17) is 9.98 Å². The minimum Gasteiger partial charge on any atom is -0.251 e. The van der Waals surface area contributed by atoms with E-state index < -0.39 is 0 Å². The molecular weight excluding hydrogens is 339 g/mol. The van der Waals surface area contributed by atoms with Crippen molar-refractivity contribution in [2.24, 2.45) is 9.98 Å². The van der Waals surface area contributed by atoms with Crippen LogP contribution in [-0.4, -0.2) is 16.4 Å². The number of halogens is 1. The molecule has 0 radical (unpaired) electrons. The smallest absolute Gasteiger partial charge is 0.152 e. The van der Waals surface area contributed by atoms with E-state index in [2.05, 4.69) is 11.4 Å². The summed E-state index contributed by atoms with van der Waals surface area (Å²) >= 11 is 3.31. The highest BCUT2D eigenvalue weighted by Crippen LogP contribution is 2.39. The van der Waals surface area contributed by atoms with Gasteiger partial charge in [0.2, 0.25) is 0 Å². The number of aliphatic imine (C=N–C) groups is 2. The Morgan fingerprint density at radius 1 is 1.04 bits per heavy atom. The van der Waals surface area contributed by atoms with Gasteiger partial charge in [0.15, 0.2) is 5.66 Å². The van der Waals surface area contributed by atoms with Crippen molar-refractivity contribution >= 4 is 33.9 Å². The third kappa shape index (κ3) is 3.20. The lowest BCUT2D eigenvalue weighted by Crippen LogP contribution is -2.25. The van der Waals surface area contributed by atoms with Crippen LogP contribution in [0.15, 0.2) is 51.8 Å². The second-order valence-corrected chi connectivity index (χ2v) is 8.19. The van der Waals surface area contributed by atoms with Gasteiger partial charge in [-0.25, -0.2) is 9.38 Å². The monoisotopic (exact) mass is 358 g/mol. The maximum absolute atomic E-state index is 13.9. The number of rotatable bonds is 3. The lowest BCUT2D eigenvalue weighted by molar-refractivity contribution is 0.317. The molecule has 4 rings (SSSR count). The van der Waals surface area contributed by atoms with Crippen molar-refractivity contribution in [2.75, 3.05) is 0 Å². The molecule has 1 spiro atoms. The highest BCUT2D eigenvalue weighted by molar-refractivity contribution is 8.15. The molecule has 1 saturated carbocycles. The lowest BCUT2D eigenvalue weighted by Gasteiger charge is -2.27. The molecule has 124 valence electrons. The van der Waals surface area contributed by atoms with Crippen molar-refractivity contribution in [1.82, 2.24) is 0 Å². The third-order valence-corrected chi connectivity index (χ3v) is 6.45. The molecule has 2 aliphatic rings. The molecular formula is C19H19FN2S2. The van der Waals surface area contributed by atoms with Crippen LogP contribution < -0.4 is 0 Å². The first kappa shape index (κ1) is 16.0. The SMILES string of the molecule is Fc1ccccc1CSC1=NC2(CCCCC2)N=C1c1cccs1. The van der Waals surface area contributed by atoms with Crippen LogP contribution in [-0.2, 0) is 5.75 Å². The summed E-state index contributed by atoms with van der Waals surface area (Å²) in [6.45, 7) is 0. The topological polar surface area (TPSA) is 24.7 Å². The fraction of sp³-hybridized carbons (Fsp3) is 0.368. The highest BCUT2D eigenvalue weighted by Gasteiger charge is 2.37. The van der Waals surface area contributed by atoms with Gasteiger partial charge in [-0.3, -0.25) is 4.99 Å². The summed E-state index contributed by atoms with van der Waals surface area (Å²) in [6, 6.07) is 11.1. The minimum absolute atomic E-state index is 0.148. The maximum Gasteiger partial charge on any atom is 0.152 e. The maximum atomic E-state index is 13.9. The average Bonchev–Trinajstić information content (AvgIpc) is 3.23. The van der Waals surface area contributed by atoms with Crippen LogP contribution in [0.2, 0.25) is 0 Å². The molecule has 1 aromatic heterocycles. The van der Waals surface area contributed by atoms with Crippen LogP contribution in [0.25, 0.3) is 0 Å². The second kappa shape index (κ2) is 6.81. The molecule has 5 heteroatoms. The first-order chi connectivity index (χ1) is 11.8. The van der Waals surface area contributed by atoms with Gasteiger partial charge in [-0.2, -0.15) is 0 Å². The summed E-state index contributed by atoms with van der Waals surface area (Å²) in [5, 5.41) is 3.05. The molecule has 0 unspecified atom stereocenters. The molecule has 0 atom stereocenters. The zero-order valence-electron chi connectivity index (χ0n) is 13.4. The predicted octanol–water partition coefficient (Wildman–Crippen LogP) is 5.68. The molecule has 1 aromatic carbocycles. The van der Waals surface area contributed by atoms with Crippen molar-refractivity contribution in [3.8, 4) is 0 Å². The fourth-order valence-corrected chi connectivity index (χ4v) is 5.13. The molecule has 1 aliphatic heterocycles. The van der Waals surface area contributed by atoms with Crippen molar-refractivity contribution in [1.29, 1.82) is 0 Å². The van der Waals surface area contributed by atoms with Gasteiger partial charge in [0, 0.05) is 5.75 Å². The first-order valence-electron chi connectivity index (χ1n) is 8.36. The predicted molar refractivity (Wildman–Crippen MR) is 102 cm³/mol. The summed E-state index contributed by atoms with van der Waals surface area (Å²) in [5.74, 6) is 0.442. The second-order valence-electron chi connectivity index (χ2n) is 6.28. The molecule has 2 aromatic rings. The van der Waals surface area contributed by atoms with E-state index in [0.29, 0.717) is 5.75 Å². The standard InChI is InChI=1S/C19H19FN2S2/c20-15-8-3-2-7-14(15)13-24-18-17(16-9-6-12-23-16)21-19(22-18)10-4-1-5-11-19/h2-3,6-9,12H,1,4-5,10-11,13H2. The van der Waals surface area contributed by atoms with E-state index in [1.807, 2.05) is 18.2 Å². The molecule has 1 aliphatic carbocycles. The first-order valence-corrected chi connectivity index (χ1v) is 10.2. The number of thioether (sulfide) groups is 1. The van der Waals surface area contributed by atoms with Gasteiger partial charge in [-0.1, -0.05) is 42.4 Å². The molecule has 0 bridgehead atoms. The molecule has 0 saturated heterocycles. The fourth-order valence-electron chi connectivity index (χ4n) is 3.30. The molecule has 24 heavy (non-hydrogen) atoms. The molecule has 1 fully saturated rings. The molecule has 0 N–H and O–H groups in total. The Bertz CT molecular complexity index is 774. The Kier molecular flexibility index (Phi) is 4.55. The van der Waals surface area contributed by atoms with Gasteiger partial charge in [0.25, 0.3) is 0 Å². The van der Waals surface area contributed by atoms with E-state index in [1.165, 1.54) is 25.3 Å². The van der Waals surface area contributed by atoms with Gasteiger partial charge < -0.3 is 0 Å². The number of hydrogen-bond donors (Lipinski definition) is 0. The van der Waals surface area contributed by atoms with Gasteiger partial charge in [-0.15, -0.1) is 11.3 Å². The number of nitrogens with zero attached hydrogens (tertiary/aromatic N) is 2. The van der Waals surface area contributed by atoms with Crippen LogP contribution in [0.1, 0.15) is 42.5 Å². The number of thiophene rings is 1. The normalized spacial score (nSPS) is 19.4. The van der Waals surface area contributed by atoms with Crippen LogP contribution in [0.5, 0.6) is 0 Å². The van der Waals surface area contributed by atoms with E-state index in [0.717, 1.165) is 34.0 Å². The van der Waals surface area contributed by atoms with Crippen LogP contribution in [0.3, 0.4) is 0 Å². The molecule has 0 amide bonds. The van der Waals surface area contributed by atoms with E-state index in [1.54, 1.807) is 29.2 Å².